The largest absolute Gasteiger partial charge is 0.469 e. The molecule has 0 saturated carbocycles. The number of methoxy groups -OCH3 is 1. The Bertz CT molecular complexity index is 226. The normalized spacial score (nSPS) is 21.4. The van der Waals surface area contributed by atoms with Crippen LogP contribution in [0.4, 0.5) is 0 Å². The number of esters is 1. The van der Waals surface area contributed by atoms with E-state index >= 15 is 0 Å². The van der Waals surface area contributed by atoms with Crippen LogP contribution in [-0.2, 0) is 14.3 Å². The molecule has 0 aromatic heterocycles. The molecular weight excluding hydrogens is 210 g/mol. The lowest BCUT2D eigenvalue weighted by Gasteiger charge is -2.32. The second kappa shape index (κ2) is 6.18. The van der Waals surface area contributed by atoms with Crippen LogP contribution >= 0.6 is 0 Å². The summed E-state index contributed by atoms with van der Waals surface area (Å²) >= 11 is 0. The van der Waals surface area contributed by atoms with Crippen LogP contribution in [0.15, 0.2) is 0 Å². The van der Waals surface area contributed by atoms with E-state index in [1.807, 2.05) is 0 Å². The molecule has 0 radical (unpaired) electrons. The van der Waals surface area contributed by atoms with Gasteiger partial charge in [0.2, 0.25) is 0 Å². The lowest BCUT2D eigenvalue weighted by Crippen LogP contribution is -2.46. The molecule has 1 aliphatic heterocycles. The summed E-state index contributed by atoms with van der Waals surface area (Å²) in [7, 11) is 1.38. The van der Waals surface area contributed by atoms with E-state index in [0.29, 0.717) is 39.1 Å². The predicted molar refractivity (Wildman–Crippen MR) is 59.1 cm³/mol. The Morgan fingerprint density at radius 1 is 1.56 bits per heavy atom. The number of aliphatic hydroxyl groups is 1. The monoisotopic (exact) mass is 231 g/mol. The Hall–Kier alpha value is -0.650. The number of nitrogens with one attached hydrogen (secondary N) is 1. The fourth-order valence-corrected chi connectivity index (χ4v) is 1.73. The number of hydrogen-bond acceptors (Lipinski definition) is 5. The minimum atomic E-state index is -0.686. The Balaban J connectivity index is 2.21. The SMILES string of the molecule is COC(=O)C(C)CNCC1(O)CCOCC1. The van der Waals surface area contributed by atoms with Crippen molar-refractivity contribution < 1.29 is 19.4 Å². The van der Waals surface area contributed by atoms with Gasteiger partial charge in [0.15, 0.2) is 0 Å². The van der Waals surface area contributed by atoms with E-state index in [1.165, 1.54) is 7.11 Å². The molecule has 0 aliphatic carbocycles. The highest BCUT2D eigenvalue weighted by Gasteiger charge is 2.29. The van der Waals surface area contributed by atoms with Gasteiger partial charge in [0, 0.05) is 39.1 Å². The van der Waals surface area contributed by atoms with E-state index in [2.05, 4.69) is 10.1 Å². The number of hydrogen-bond donors (Lipinski definition) is 2. The van der Waals surface area contributed by atoms with E-state index in [4.69, 9.17) is 4.74 Å². The summed E-state index contributed by atoms with van der Waals surface area (Å²) < 4.78 is 9.80. The van der Waals surface area contributed by atoms with Crippen LogP contribution in [0.1, 0.15) is 19.8 Å². The molecule has 0 spiro atoms. The number of carbonyl (C=O) groups is 1. The fraction of sp³-hybridized carbons (Fsp3) is 0.909. The van der Waals surface area contributed by atoms with Gasteiger partial charge in [0.05, 0.1) is 18.6 Å². The molecule has 0 aromatic carbocycles. The van der Waals surface area contributed by atoms with Crippen molar-refractivity contribution in [3.05, 3.63) is 0 Å². The standard InChI is InChI=1S/C11H21NO4/c1-9(10(13)15-2)7-12-8-11(14)3-5-16-6-4-11/h9,12,14H,3-8H2,1-2H3. The zero-order valence-corrected chi connectivity index (χ0v) is 9.99. The highest BCUT2D eigenvalue weighted by molar-refractivity contribution is 5.71. The Kier molecular flexibility index (Phi) is 5.18. The molecule has 0 bridgehead atoms. The Labute approximate surface area is 96.1 Å². The zero-order chi connectivity index (χ0) is 12.0. The van der Waals surface area contributed by atoms with Gasteiger partial charge in [-0.2, -0.15) is 0 Å². The van der Waals surface area contributed by atoms with E-state index < -0.39 is 5.60 Å². The molecule has 1 saturated heterocycles. The lowest BCUT2D eigenvalue weighted by atomic mass is 9.94. The van der Waals surface area contributed by atoms with Gasteiger partial charge < -0.3 is 19.9 Å². The number of rotatable bonds is 5. The van der Waals surface area contributed by atoms with Crippen molar-refractivity contribution >= 4 is 5.97 Å². The van der Waals surface area contributed by atoms with Crippen molar-refractivity contribution in [2.24, 2.45) is 5.92 Å². The molecule has 1 atom stereocenters. The minimum Gasteiger partial charge on any atom is -0.469 e. The van der Waals surface area contributed by atoms with Gasteiger partial charge in [-0.1, -0.05) is 6.92 Å². The van der Waals surface area contributed by atoms with Crippen LogP contribution < -0.4 is 5.32 Å². The summed E-state index contributed by atoms with van der Waals surface area (Å²) in [5.74, 6) is -0.417. The van der Waals surface area contributed by atoms with Gasteiger partial charge in [0.1, 0.15) is 0 Å². The molecule has 1 unspecified atom stereocenters. The summed E-state index contributed by atoms with van der Waals surface area (Å²) in [5.41, 5.74) is -0.686. The van der Waals surface area contributed by atoms with Gasteiger partial charge >= 0.3 is 5.97 Å². The maximum atomic E-state index is 11.1. The molecule has 0 aromatic rings. The Morgan fingerprint density at radius 3 is 2.75 bits per heavy atom. The Morgan fingerprint density at radius 2 is 2.19 bits per heavy atom. The molecule has 1 aliphatic rings. The second-order valence-corrected chi connectivity index (χ2v) is 4.39. The molecular formula is C11H21NO4. The average Bonchev–Trinajstić information content (AvgIpc) is 2.28. The summed E-state index contributed by atoms with van der Waals surface area (Å²) in [6, 6.07) is 0. The van der Waals surface area contributed by atoms with Gasteiger partial charge in [-0.05, 0) is 0 Å². The van der Waals surface area contributed by atoms with Crippen LogP contribution in [0.25, 0.3) is 0 Å². The number of ether oxygens (including phenoxy) is 2. The first-order valence-corrected chi connectivity index (χ1v) is 5.66. The highest BCUT2D eigenvalue weighted by atomic mass is 16.5. The van der Waals surface area contributed by atoms with Crippen LogP contribution in [0.2, 0.25) is 0 Å². The summed E-state index contributed by atoms with van der Waals surface area (Å²) in [5, 5.41) is 13.2. The maximum absolute atomic E-state index is 11.1. The summed E-state index contributed by atoms with van der Waals surface area (Å²) in [4.78, 5) is 11.1. The first-order valence-electron chi connectivity index (χ1n) is 5.66. The molecule has 1 fully saturated rings. The van der Waals surface area contributed by atoms with Crippen molar-refractivity contribution in [2.75, 3.05) is 33.4 Å². The lowest BCUT2D eigenvalue weighted by molar-refractivity contribution is -0.144. The van der Waals surface area contributed by atoms with Crippen LogP contribution in [0, 0.1) is 5.92 Å². The molecule has 16 heavy (non-hydrogen) atoms. The third-order valence-corrected chi connectivity index (χ3v) is 2.93. The third kappa shape index (κ3) is 4.08. The molecule has 5 nitrogen and oxygen atoms in total. The molecule has 94 valence electrons. The van der Waals surface area contributed by atoms with Crippen molar-refractivity contribution in [2.45, 2.75) is 25.4 Å². The first kappa shape index (κ1) is 13.4. The molecule has 1 rings (SSSR count). The van der Waals surface area contributed by atoms with Crippen LogP contribution in [0.5, 0.6) is 0 Å². The van der Waals surface area contributed by atoms with Crippen molar-refractivity contribution in [1.82, 2.24) is 5.32 Å². The predicted octanol–water partition coefficient (Wildman–Crippen LogP) is -0.0734. The minimum absolute atomic E-state index is 0.187. The highest BCUT2D eigenvalue weighted by Crippen LogP contribution is 2.19. The fourth-order valence-electron chi connectivity index (χ4n) is 1.73. The summed E-state index contributed by atoms with van der Waals surface area (Å²) in [6.07, 6.45) is 1.29. The smallest absolute Gasteiger partial charge is 0.309 e. The van der Waals surface area contributed by atoms with Crippen molar-refractivity contribution in [3.63, 3.8) is 0 Å². The molecule has 0 amide bonds. The summed E-state index contributed by atoms with van der Waals surface area (Å²) in [6.45, 7) is 4.02. The molecule has 2 N–H and O–H groups in total. The van der Waals surface area contributed by atoms with Crippen molar-refractivity contribution in [1.29, 1.82) is 0 Å². The van der Waals surface area contributed by atoms with Gasteiger partial charge in [-0.3, -0.25) is 4.79 Å². The van der Waals surface area contributed by atoms with Crippen LogP contribution in [0.3, 0.4) is 0 Å². The molecule has 5 heteroatoms. The average molecular weight is 231 g/mol. The third-order valence-electron chi connectivity index (χ3n) is 2.93. The zero-order valence-electron chi connectivity index (χ0n) is 9.99. The van der Waals surface area contributed by atoms with Gasteiger partial charge in [-0.25, -0.2) is 0 Å². The second-order valence-electron chi connectivity index (χ2n) is 4.39. The van der Waals surface area contributed by atoms with E-state index in [1.54, 1.807) is 6.92 Å². The maximum Gasteiger partial charge on any atom is 0.309 e. The molecule has 1 heterocycles. The van der Waals surface area contributed by atoms with Crippen LogP contribution in [-0.4, -0.2) is 50.1 Å². The van der Waals surface area contributed by atoms with E-state index in [-0.39, 0.29) is 11.9 Å². The first-order chi connectivity index (χ1) is 7.57. The van der Waals surface area contributed by atoms with E-state index in [0.717, 1.165) is 0 Å². The number of carbonyl (C=O) groups excluding carboxylic acids is 1. The van der Waals surface area contributed by atoms with E-state index in [9.17, 15) is 9.90 Å². The van der Waals surface area contributed by atoms with Gasteiger partial charge in [0.25, 0.3) is 0 Å². The quantitative estimate of drug-likeness (QED) is 0.648. The topological polar surface area (TPSA) is 67.8 Å². The van der Waals surface area contributed by atoms with Gasteiger partial charge in [-0.15, -0.1) is 0 Å². The van der Waals surface area contributed by atoms with Crippen molar-refractivity contribution in [3.8, 4) is 0 Å².